The third-order valence-corrected chi connectivity index (χ3v) is 4.85. The fourth-order valence-corrected chi connectivity index (χ4v) is 3.94. The SMILES string of the molecule is O=S(=O)(NCCOCC(F)(F)F)c1c(Cl)nc2sccn12. The van der Waals surface area contributed by atoms with Gasteiger partial charge in [-0.2, -0.15) is 13.2 Å². The molecule has 2 aromatic rings. The highest BCUT2D eigenvalue weighted by molar-refractivity contribution is 7.89. The molecule has 1 N–H and O–H groups in total. The third kappa shape index (κ3) is 4.07. The number of aromatic nitrogens is 2. The van der Waals surface area contributed by atoms with Crippen LogP contribution in [0.1, 0.15) is 0 Å². The van der Waals surface area contributed by atoms with E-state index < -0.39 is 29.4 Å². The summed E-state index contributed by atoms with van der Waals surface area (Å²) in [5, 5.41) is 1.17. The smallest absolute Gasteiger partial charge is 0.371 e. The first kappa shape index (κ1) is 16.5. The first-order chi connectivity index (χ1) is 9.71. The van der Waals surface area contributed by atoms with Crippen LogP contribution < -0.4 is 4.72 Å². The predicted octanol–water partition coefficient (Wildman–Crippen LogP) is 1.91. The maximum atomic E-state index is 12.1. The Hall–Kier alpha value is -0.880. The number of alkyl halides is 3. The van der Waals surface area contributed by atoms with Crippen LogP contribution in [0.2, 0.25) is 5.15 Å². The van der Waals surface area contributed by atoms with Gasteiger partial charge in [0.15, 0.2) is 15.1 Å². The van der Waals surface area contributed by atoms with E-state index in [4.69, 9.17) is 11.6 Å². The molecule has 0 fully saturated rings. The average molecular weight is 364 g/mol. The summed E-state index contributed by atoms with van der Waals surface area (Å²) in [6.45, 7) is -2.16. The van der Waals surface area contributed by atoms with Crippen molar-refractivity contribution in [3.05, 3.63) is 16.7 Å². The summed E-state index contributed by atoms with van der Waals surface area (Å²) < 4.78 is 67.3. The molecule has 0 aliphatic heterocycles. The van der Waals surface area contributed by atoms with E-state index in [1.165, 1.54) is 21.9 Å². The summed E-state index contributed by atoms with van der Waals surface area (Å²) in [6.07, 6.45) is -2.97. The fourth-order valence-electron chi connectivity index (χ4n) is 1.48. The summed E-state index contributed by atoms with van der Waals surface area (Å²) in [5.41, 5.74) is 0. The van der Waals surface area contributed by atoms with Gasteiger partial charge in [-0.05, 0) is 0 Å². The number of hydrogen-bond donors (Lipinski definition) is 1. The highest BCUT2D eigenvalue weighted by atomic mass is 35.5. The second kappa shape index (κ2) is 6.08. The van der Waals surface area contributed by atoms with Crippen molar-refractivity contribution in [2.75, 3.05) is 19.8 Å². The molecule has 118 valence electrons. The molecule has 0 aromatic carbocycles. The lowest BCUT2D eigenvalue weighted by atomic mass is 10.7. The van der Waals surface area contributed by atoms with Gasteiger partial charge in [0.1, 0.15) is 6.61 Å². The van der Waals surface area contributed by atoms with Gasteiger partial charge in [-0.15, -0.1) is 11.3 Å². The summed E-state index contributed by atoms with van der Waals surface area (Å²) in [5.74, 6) is 0. The van der Waals surface area contributed by atoms with Gasteiger partial charge in [-0.1, -0.05) is 11.6 Å². The monoisotopic (exact) mass is 363 g/mol. The molecule has 2 heterocycles. The first-order valence-corrected chi connectivity index (χ1v) is 8.20. The molecule has 2 aromatic heterocycles. The van der Waals surface area contributed by atoms with Gasteiger partial charge in [-0.3, -0.25) is 4.40 Å². The second-order valence-corrected chi connectivity index (χ2v) is 6.74. The number of thiazole rings is 1. The molecule has 0 unspecified atom stereocenters. The van der Waals surface area contributed by atoms with Crippen LogP contribution in [0, 0.1) is 0 Å². The van der Waals surface area contributed by atoms with Crippen molar-refractivity contribution < 1.29 is 26.3 Å². The lowest BCUT2D eigenvalue weighted by Crippen LogP contribution is -2.29. The zero-order valence-electron chi connectivity index (χ0n) is 10.2. The Labute approximate surface area is 126 Å². The van der Waals surface area contributed by atoms with E-state index in [1.807, 2.05) is 0 Å². The van der Waals surface area contributed by atoms with Crippen molar-refractivity contribution >= 4 is 37.9 Å². The molecule has 0 saturated carbocycles. The number of ether oxygens (including phenoxy) is 1. The molecular weight excluding hydrogens is 355 g/mol. The van der Waals surface area contributed by atoms with Crippen molar-refractivity contribution in [2.45, 2.75) is 11.2 Å². The molecule has 0 aliphatic carbocycles. The lowest BCUT2D eigenvalue weighted by molar-refractivity contribution is -0.173. The van der Waals surface area contributed by atoms with Crippen LogP contribution in [-0.4, -0.2) is 43.7 Å². The highest BCUT2D eigenvalue weighted by Gasteiger charge is 2.28. The number of rotatable bonds is 6. The molecule has 0 aliphatic rings. The molecule has 0 saturated heterocycles. The van der Waals surface area contributed by atoms with Crippen LogP contribution in [0.25, 0.3) is 4.96 Å². The fraction of sp³-hybridized carbons (Fsp3) is 0.444. The summed E-state index contributed by atoms with van der Waals surface area (Å²) in [6, 6.07) is 0. The van der Waals surface area contributed by atoms with E-state index in [0.29, 0.717) is 4.96 Å². The quantitative estimate of drug-likeness (QED) is 0.796. The van der Waals surface area contributed by atoms with Gasteiger partial charge >= 0.3 is 6.18 Å². The Morgan fingerprint density at radius 2 is 2.19 bits per heavy atom. The number of hydrogen-bond acceptors (Lipinski definition) is 5. The molecular formula is C9H9ClF3N3O3S2. The standard InChI is InChI=1S/C9H9ClF3N3O3S2/c10-6-7(16-2-4-20-8(16)15-6)21(17,18)14-1-3-19-5-9(11,12)13/h2,4,14H,1,3,5H2. The Balaban J connectivity index is 1.99. The summed E-state index contributed by atoms with van der Waals surface area (Å²) >= 11 is 6.97. The van der Waals surface area contributed by atoms with Crippen molar-refractivity contribution in [1.82, 2.24) is 14.1 Å². The highest BCUT2D eigenvalue weighted by Crippen LogP contribution is 2.25. The van der Waals surface area contributed by atoms with Crippen LogP contribution in [0.5, 0.6) is 0 Å². The van der Waals surface area contributed by atoms with E-state index in [1.54, 1.807) is 5.38 Å². The molecule has 12 heteroatoms. The summed E-state index contributed by atoms with van der Waals surface area (Å²) in [4.78, 5) is 4.26. The van der Waals surface area contributed by atoms with Crippen LogP contribution in [0.3, 0.4) is 0 Å². The van der Waals surface area contributed by atoms with Crippen LogP contribution in [0.15, 0.2) is 16.6 Å². The number of halogens is 4. The Bertz CT molecular complexity index is 725. The van der Waals surface area contributed by atoms with Gasteiger partial charge in [0, 0.05) is 18.1 Å². The lowest BCUT2D eigenvalue weighted by Gasteiger charge is -2.08. The zero-order chi connectivity index (χ0) is 15.7. The minimum Gasteiger partial charge on any atom is -0.371 e. The third-order valence-electron chi connectivity index (χ3n) is 2.24. The maximum absolute atomic E-state index is 12.1. The van der Waals surface area contributed by atoms with Gasteiger partial charge in [0.05, 0.1) is 6.61 Å². The zero-order valence-corrected chi connectivity index (χ0v) is 12.6. The number of sulfonamides is 1. The number of imidazole rings is 1. The van der Waals surface area contributed by atoms with Gasteiger partial charge in [0.25, 0.3) is 10.0 Å². The largest absolute Gasteiger partial charge is 0.411 e. The van der Waals surface area contributed by atoms with Gasteiger partial charge < -0.3 is 4.74 Å². The minimum absolute atomic E-state index is 0.203. The molecule has 0 radical (unpaired) electrons. The van der Waals surface area contributed by atoms with Crippen LogP contribution >= 0.6 is 22.9 Å². The first-order valence-electron chi connectivity index (χ1n) is 5.46. The Kier molecular flexibility index (Phi) is 4.78. The molecule has 0 amide bonds. The maximum Gasteiger partial charge on any atom is 0.411 e. The van der Waals surface area contributed by atoms with Crippen LogP contribution in [-0.2, 0) is 14.8 Å². The van der Waals surface area contributed by atoms with Crippen LogP contribution in [0.4, 0.5) is 13.2 Å². The number of fused-ring (bicyclic) bond motifs is 1. The Morgan fingerprint density at radius 3 is 2.86 bits per heavy atom. The van der Waals surface area contributed by atoms with Gasteiger partial charge in [-0.25, -0.2) is 18.1 Å². The molecule has 0 spiro atoms. The van der Waals surface area contributed by atoms with Crippen molar-refractivity contribution in [2.24, 2.45) is 0 Å². The van der Waals surface area contributed by atoms with E-state index in [2.05, 4.69) is 14.4 Å². The molecule has 0 atom stereocenters. The van der Waals surface area contributed by atoms with Crippen molar-refractivity contribution in [3.63, 3.8) is 0 Å². The number of nitrogens with zero attached hydrogens (tertiary/aromatic N) is 2. The van der Waals surface area contributed by atoms with E-state index in [0.717, 1.165) is 0 Å². The second-order valence-electron chi connectivity index (χ2n) is 3.83. The predicted molar refractivity (Wildman–Crippen MR) is 70.1 cm³/mol. The van der Waals surface area contributed by atoms with E-state index >= 15 is 0 Å². The van der Waals surface area contributed by atoms with E-state index in [-0.39, 0.29) is 16.7 Å². The number of nitrogens with one attached hydrogen (secondary N) is 1. The topological polar surface area (TPSA) is 72.7 Å². The summed E-state index contributed by atoms with van der Waals surface area (Å²) in [7, 11) is -4.00. The minimum atomic E-state index is -4.45. The van der Waals surface area contributed by atoms with Crippen molar-refractivity contribution in [1.29, 1.82) is 0 Å². The molecule has 6 nitrogen and oxygen atoms in total. The molecule has 0 bridgehead atoms. The Morgan fingerprint density at radius 1 is 1.48 bits per heavy atom. The van der Waals surface area contributed by atoms with E-state index in [9.17, 15) is 21.6 Å². The van der Waals surface area contributed by atoms with Gasteiger partial charge in [0.2, 0.25) is 0 Å². The molecule has 21 heavy (non-hydrogen) atoms. The molecule has 2 rings (SSSR count). The van der Waals surface area contributed by atoms with Crippen molar-refractivity contribution in [3.8, 4) is 0 Å². The average Bonchev–Trinajstić information content (AvgIpc) is 2.85. The normalized spacial score (nSPS) is 13.1.